The van der Waals surface area contributed by atoms with Crippen LogP contribution in [-0.2, 0) is 0 Å². The van der Waals surface area contributed by atoms with Gasteiger partial charge in [-0.2, -0.15) is 0 Å². The fraction of sp³-hybridized carbons (Fsp3) is 0.385. The highest BCUT2D eigenvalue weighted by Crippen LogP contribution is 2.12. The first-order valence-corrected chi connectivity index (χ1v) is 6.20. The molecule has 1 amide bonds. The van der Waals surface area contributed by atoms with Crippen molar-refractivity contribution < 1.29 is 4.79 Å². The van der Waals surface area contributed by atoms with E-state index in [-0.39, 0.29) is 11.9 Å². The summed E-state index contributed by atoms with van der Waals surface area (Å²) in [7, 11) is 0. The summed E-state index contributed by atoms with van der Waals surface area (Å²) in [6, 6.07) is 6.21. The first-order valence-electron chi connectivity index (χ1n) is 6.20. The van der Waals surface area contributed by atoms with Crippen LogP contribution in [0.5, 0.6) is 0 Å². The van der Waals surface area contributed by atoms with Crippen molar-refractivity contribution in [2.45, 2.75) is 25.4 Å². The molecular weight excluding hydrogens is 228 g/mol. The van der Waals surface area contributed by atoms with Crippen LogP contribution < -0.4 is 10.6 Å². The SMILES string of the molecule is CC1CC(NC(=O)c2ccc3nc[nH]c3c2)CN1. The normalized spacial score (nSPS) is 23.4. The Balaban J connectivity index is 1.75. The van der Waals surface area contributed by atoms with Crippen LogP contribution in [0.25, 0.3) is 11.0 Å². The third kappa shape index (κ3) is 2.09. The van der Waals surface area contributed by atoms with E-state index in [9.17, 15) is 4.79 Å². The van der Waals surface area contributed by atoms with Crippen LogP contribution in [0.3, 0.4) is 0 Å². The van der Waals surface area contributed by atoms with Gasteiger partial charge in [0, 0.05) is 24.2 Å². The lowest BCUT2D eigenvalue weighted by Gasteiger charge is -2.11. The van der Waals surface area contributed by atoms with E-state index in [1.165, 1.54) is 0 Å². The summed E-state index contributed by atoms with van der Waals surface area (Å²) in [5.74, 6) is -0.0209. The zero-order chi connectivity index (χ0) is 12.5. The Morgan fingerprint density at radius 3 is 3.17 bits per heavy atom. The molecule has 1 aliphatic heterocycles. The van der Waals surface area contributed by atoms with Gasteiger partial charge in [0.05, 0.1) is 17.4 Å². The van der Waals surface area contributed by atoms with Gasteiger partial charge in [-0.05, 0) is 31.5 Å². The van der Waals surface area contributed by atoms with Crippen LogP contribution >= 0.6 is 0 Å². The summed E-state index contributed by atoms with van der Waals surface area (Å²) in [5, 5.41) is 6.37. The van der Waals surface area contributed by atoms with Gasteiger partial charge in [-0.3, -0.25) is 4.79 Å². The summed E-state index contributed by atoms with van der Waals surface area (Å²) < 4.78 is 0. The minimum atomic E-state index is -0.0209. The molecule has 1 aromatic heterocycles. The lowest BCUT2D eigenvalue weighted by molar-refractivity contribution is 0.0940. The second kappa shape index (κ2) is 4.42. The van der Waals surface area contributed by atoms with E-state index in [0.717, 1.165) is 24.0 Å². The van der Waals surface area contributed by atoms with Crippen LogP contribution in [0.4, 0.5) is 0 Å². The van der Waals surface area contributed by atoms with Crippen molar-refractivity contribution in [1.82, 2.24) is 20.6 Å². The molecule has 1 aliphatic rings. The largest absolute Gasteiger partial charge is 0.348 e. The van der Waals surface area contributed by atoms with Crippen LogP contribution in [-0.4, -0.2) is 34.5 Å². The van der Waals surface area contributed by atoms with Crippen LogP contribution in [0.2, 0.25) is 0 Å². The molecule has 2 aromatic rings. The van der Waals surface area contributed by atoms with Gasteiger partial charge in [-0.15, -0.1) is 0 Å². The number of amides is 1. The Labute approximate surface area is 105 Å². The molecule has 1 fully saturated rings. The monoisotopic (exact) mass is 244 g/mol. The highest BCUT2D eigenvalue weighted by Gasteiger charge is 2.22. The topological polar surface area (TPSA) is 69.8 Å². The molecule has 0 radical (unpaired) electrons. The number of fused-ring (bicyclic) bond motifs is 1. The Morgan fingerprint density at radius 2 is 2.39 bits per heavy atom. The van der Waals surface area contributed by atoms with E-state index in [0.29, 0.717) is 11.6 Å². The van der Waals surface area contributed by atoms with Crippen LogP contribution in [0.15, 0.2) is 24.5 Å². The summed E-state index contributed by atoms with van der Waals surface area (Å²) in [4.78, 5) is 19.2. The van der Waals surface area contributed by atoms with Crippen LogP contribution in [0, 0.1) is 0 Å². The Hall–Kier alpha value is -1.88. The molecule has 5 heteroatoms. The maximum Gasteiger partial charge on any atom is 0.251 e. The van der Waals surface area contributed by atoms with Gasteiger partial charge < -0.3 is 15.6 Å². The molecule has 0 bridgehead atoms. The minimum Gasteiger partial charge on any atom is -0.348 e. The number of H-pyrrole nitrogens is 1. The van der Waals surface area contributed by atoms with Gasteiger partial charge in [0.15, 0.2) is 0 Å². The Morgan fingerprint density at radius 1 is 1.50 bits per heavy atom. The summed E-state index contributed by atoms with van der Waals surface area (Å²) >= 11 is 0. The number of aromatic amines is 1. The molecule has 0 spiro atoms. The van der Waals surface area contributed by atoms with Crippen molar-refractivity contribution in [3.8, 4) is 0 Å². The van der Waals surface area contributed by atoms with E-state index in [1.54, 1.807) is 6.33 Å². The number of hydrogen-bond acceptors (Lipinski definition) is 3. The van der Waals surface area contributed by atoms with Gasteiger partial charge >= 0.3 is 0 Å². The van der Waals surface area contributed by atoms with Crippen LogP contribution in [0.1, 0.15) is 23.7 Å². The van der Waals surface area contributed by atoms with Crippen molar-refractivity contribution in [1.29, 1.82) is 0 Å². The highest BCUT2D eigenvalue weighted by atomic mass is 16.1. The first kappa shape index (κ1) is 11.2. The van der Waals surface area contributed by atoms with Gasteiger partial charge in [0.25, 0.3) is 5.91 Å². The van der Waals surface area contributed by atoms with Crippen molar-refractivity contribution in [3.05, 3.63) is 30.1 Å². The highest BCUT2D eigenvalue weighted by molar-refractivity contribution is 5.97. The average Bonchev–Trinajstić information content (AvgIpc) is 2.96. The second-order valence-corrected chi connectivity index (χ2v) is 4.85. The maximum atomic E-state index is 12.1. The standard InChI is InChI=1S/C13H16N4O/c1-8-4-10(6-14-8)17-13(18)9-2-3-11-12(5-9)16-7-15-11/h2-3,5,7-8,10,14H,4,6H2,1H3,(H,15,16)(H,17,18). The smallest absolute Gasteiger partial charge is 0.251 e. The third-order valence-electron chi connectivity index (χ3n) is 3.37. The van der Waals surface area contributed by atoms with E-state index >= 15 is 0 Å². The maximum absolute atomic E-state index is 12.1. The molecule has 1 saturated heterocycles. The number of benzene rings is 1. The van der Waals surface area contributed by atoms with Crippen molar-refractivity contribution in [3.63, 3.8) is 0 Å². The fourth-order valence-corrected chi connectivity index (χ4v) is 2.39. The quantitative estimate of drug-likeness (QED) is 0.739. The second-order valence-electron chi connectivity index (χ2n) is 4.85. The number of nitrogens with zero attached hydrogens (tertiary/aromatic N) is 1. The summed E-state index contributed by atoms with van der Waals surface area (Å²) in [6.45, 7) is 2.97. The molecule has 2 unspecified atom stereocenters. The summed E-state index contributed by atoms with van der Waals surface area (Å²) in [6.07, 6.45) is 2.62. The average molecular weight is 244 g/mol. The molecule has 0 aliphatic carbocycles. The van der Waals surface area contributed by atoms with E-state index in [2.05, 4.69) is 27.5 Å². The number of carbonyl (C=O) groups is 1. The molecule has 3 rings (SSSR count). The molecule has 1 aromatic carbocycles. The first-order chi connectivity index (χ1) is 8.72. The zero-order valence-corrected chi connectivity index (χ0v) is 10.2. The van der Waals surface area contributed by atoms with Gasteiger partial charge in [-0.25, -0.2) is 4.98 Å². The van der Waals surface area contributed by atoms with Crippen molar-refractivity contribution in [2.24, 2.45) is 0 Å². The Bertz CT molecular complexity index is 577. The zero-order valence-electron chi connectivity index (χ0n) is 10.2. The number of imidazole rings is 1. The molecule has 3 N–H and O–H groups in total. The predicted octanol–water partition coefficient (Wildman–Crippen LogP) is 1.04. The number of aromatic nitrogens is 2. The van der Waals surface area contributed by atoms with Gasteiger partial charge in [0.1, 0.15) is 0 Å². The lowest BCUT2D eigenvalue weighted by Crippen LogP contribution is -2.36. The lowest BCUT2D eigenvalue weighted by atomic mass is 10.1. The molecular formula is C13H16N4O. The predicted molar refractivity (Wildman–Crippen MR) is 69.4 cm³/mol. The van der Waals surface area contributed by atoms with Gasteiger partial charge in [0.2, 0.25) is 0 Å². The van der Waals surface area contributed by atoms with Crippen molar-refractivity contribution >= 4 is 16.9 Å². The van der Waals surface area contributed by atoms with Gasteiger partial charge in [-0.1, -0.05) is 0 Å². The van der Waals surface area contributed by atoms with E-state index < -0.39 is 0 Å². The fourth-order valence-electron chi connectivity index (χ4n) is 2.39. The van der Waals surface area contributed by atoms with E-state index in [1.807, 2.05) is 18.2 Å². The summed E-state index contributed by atoms with van der Waals surface area (Å²) in [5.41, 5.74) is 2.44. The molecule has 18 heavy (non-hydrogen) atoms. The molecule has 2 atom stereocenters. The minimum absolute atomic E-state index is 0.0209. The molecule has 0 saturated carbocycles. The molecule has 5 nitrogen and oxygen atoms in total. The number of carbonyl (C=O) groups excluding carboxylic acids is 1. The van der Waals surface area contributed by atoms with E-state index in [4.69, 9.17) is 0 Å². The number of nitrogens with one attached hydrogen (secondary N) is 3. The number of hydrogen-bond donors (Lipinski definition) is 3. The Kier molecular flexibility index (Phi) is 2.76. The third-order valence-corrected chi connectivity index (χ3v) is 3.37. The molecule has 2 heterocycles. The number of rotatable bonds is 2. The molecule has 94 valence electrons. The van der Waals surface area contributed by atoms with Crippen molar-refractivity contribution in [2.75, 3.05) is 6.54 Å².